The third-order valence-electron chi connectivity index (χ3n) is 5.17. The summed E-state index contributed by atoms with van der Waals surface area (Å²) in [7, 11) is 0. The number of hydrogen-bond acceptors (Lipinski definition) is 6. The van der Waals surface area contributed by atoms with E-state index < -0.39 is 0 Å². The predicted molar refractivity (Wildman–Crippen MR) is 97.5 cm³/mol. The smallest absolute Gasteiger partial charge is 0.259 e. The van der Waals surface area contributed by atoms with Crippen LogP contribution in [0.3, 0.4) is 0 Å². The van der Waals surface area contributed by atoms with Crippen LogP contribution in [0.1, 0.15) is 16.1 Å². The zero-order valence-electron chi connectivity index (χ0n) is 15.5. The van der Waals surface area contributed by atoms with E-state index >= 15 is 0 Å². The largest absolute Gasteiger partial charge is 0.379 e. The summed E-state index contributed by atoms with van der Waals surface area (Å²) in [5, 5.41) is 4.36. The minimum Gasteiger partial charge on any atom is -0.379 e. The average molecular weight is 372 g/mol. The van der Waals surface area contributed by atoms with Gasteiger partial charge in [-0.05, 0) is 13.0 Å². The van der Waals surface area contributed by atoms with Crippen LogP contribution in [-0.2, 0) is 9.53 Å². The second kappa shape index (κ2) is 7.61. The highest BCUT2D eigenvalue weighted by molar-refractivity contribution is 6.01. The van der Waals surface area contributed by atoms with E-state index in [4.69, 9.17) is 4.74 Å². The van der Waals surface area contributed by atoms with Crippen molar-refractivity contribution in [3.63, 3.8) is 0 Å². The number of ether oxygens (including phenoxy) is 1. The summed E-state index contributed by atoms with van der Waals surface area (Å²) in [6.45, 7) is 7.37. The van der Waals surface area contributed by atoms with Crippen molar-refractivity contribution in [1.29, 1.82) is 0 Å². The fourth-order valence-corrected chi connectivity index (χ4v) is 3.61. The molecule has 9 heteroatoms. The molecule has 0 atom stereocenters. The van der Waals surface area contributed by atoms with Crippen LogP contribution >= 0.6 is 0 Å². The summed E-state index contributed by atoms with van der Waals surface area (Å²) in [4.78, 5) is 35.6. The normalized spacial score (nSPS) is 18.9. The van der Waals surface area contributed by atoms with Gasteiger partial charge in [-0.2, -0.15) is 5.10 Å². The van der Waals surface area contributed by atoms with E-state index in [2.05, 4.69) is 15.0 Å². The van der Waals surface area contributed by atoms with Crippen LogP contribution in [0.15, 0.2) is 18.5 Å². The molecule has 2 aliphatic rings. The summed E-state index contributed by atoms with van der Waals surface area (Å²) >= 11 is 0. The first-order valence-corrected chi connectivity index (χ1v) is 9.30. The Morgan fingerprint density at radius 3 is 2.52 bits per heavy atom. The van der Waals surface area contributed by atoms with E-state index in [9.17, 15) is 9.59 Å². The van der Waals surface area contributed by atoms with Crippen molar-refractivity contribution in [1.82, 2.24) is 29.3 Å². The van der Waals surface area contributed by atoms with Crippen molar-refractivity contribution < 1.29 is 14.3 Å². The van der Waals surface area contributed by atoms with Crippen LogP contribution in [0, 0.1) is 6.92 Å². The predicted octanol–water partition coefficient (Wildman–Crippen LogP) is -0.346. The molecule has 4 rings (SSSR count). The minimum absolute atomic E-state index is 0.0681. The third-order valence-corrected chi connectivity index (χ3v) is 5.17. The number of hydrogen-bond donors (Lipinski definition) is 0. The molecule has 0 aromatic carbocycles. The molecule has 0 aliphatic carbocycles. The molecule has 4 heterocycles. The van der Waals surface area contributed by atoms with E-state index in [0.29, 0.717) is 62.8 Å². The van der Waals surface area contributed by atoms with Gasteiger partial charge in [-0.3, -0.25) is 14.5 Å². The second-order valence-electron chi connectivity index (χ2n) is 6.91. The van der Waals surface area contributed by atoms with Crippen LogP contribution in [-0.4, -0.2) is 100 Å². The van der Waals surface area contributed by atoms with Gasteiger partial charge in [0.25, 0.3) is 5.91 Å². The number of rotatable bonds is 3. The summed E-state index contributed by atoms with van der Waals surface area (Å²) in [5.41, 5.74) is 1.79. The van der Waals surface area contributed by atoms with Gasteiger partial charge in [0.1, 0.15) is 5.56 Å². The first-order chi connectivity index (χ1) is 13.1. The molecular formula is C18H24N6O3. The molecule has 0 spiro atoms. The highest BCUT2D eigenvalue weighted by Crippen LogP contribution is 2.17. The van der Waals surface area contributed by atoms with Crippen LogP contribution < -0.4 is 0 Å². The molecule has 0 unspecified atom stereocenters. The quantitative estimate of drug-likeness (QED) is 0.733. The molecular weight excluding hydrogens is 348 g/mol. The molecule has 2 amide bonds. The zero-order valence-corrected chi connectivity index (χ0v) is 15.5. The Morgan fingerprint density at radius 2 is 1.78 bits per heavy atom. The highest BCUT2D eigenvalue weighted by atomic mass is 16.5. The van der Waals surface area contributed by atoms with Crippen molar-refractivity contribution >= 4 is 17.5 Å². The number of fused-ring (bicyclic) bond motifs is 1. The molecule has 2 aliphatic heterocycles. The summed E-state index contributed by atoms with van der Waals surface area (Å²) in [5.74, 6) is 0.0549. The zero-order chi connectivity index (χ0) is 18.8. The summed E-state index contributed by atoms with van der Waals surface area (Å²) in [6, 6.07) is 1.78. The van der Waals surface area contributed by atoms with Crippen molar-refractivity contribution in [3.8, 4) is 0 Å². The molecule has 27 heavy (non-hydrogen) atoms. The summed E-state index contributed by atoms with van der Waals surface area (Å²) in [6.07, 6.45) is 3.45. The fraction of sp³-hybridized carbons (Fsp3) is 0.556. The van der Waals surface area contributed by atoms with Crippen molar-refractivity contribution in [2.75, 3.05) is 59.0 Å². The average Bonchev–Trinajstić information content (AvgIpc) is 3.04. The van der Waals surface area contributed by atoms with Gasteiger partial charge < -0.3 is 14.5 Å². The van der Waals surface area contributed by atoms with Gasteiger partial charge >= 0.3 is 0 Å². The number of amides is 2. The molecule has 0 N–H and O–H groups in total. The molecule has 2 aromatic rings. The molecule has 144 valence electrons. The van der Waals surface area contributed by atoms with Gasteiger partial charge in [0.15, 0.2) is 5.65 Å². The van der Waals surface area contributed by atoms with E-state index in [1.165, 1.54) is 0 Å². The fourth-order valence-electron chi connectivity index (χ4n) is 3.61. The van der Waals surface area contributed by atoms with Gasteiger partial charge in [-0.15, -0.1) is 0 Å². The van der Waals surface area contributed by atoms with E-state index in [1.54, 1.807) is 27.9 Å². The number of aryl methyl sites for hydroxylation is 1. The van der Waals surface area contributed by atoms with Crippen LogP contribution in [0.2, 0.25) is 0 Å². The maximum absolute atomic E-state index is 13.0. The van der Waals surface area contributed by atoms with Crippen molar-refractivity contribution in [3.05, 3.63) is 29.7 Å². The highest BCUT2D eigenvalue weighted by Gasteiger charge is 2.29. The number of piperazine rings is 1. The molecule has 0 bridgehead atoms. The summed E-state index contributed by atoms with van der Waals surface area (Å²) < 4.78 is 6.95. The van der Waals surface area contributed by atoms with Gasteiger partial charge in [-0.25, -0.2) is 9.50 Å². The Kier molecular flexibility index (Phi) is 5.04. The standard InChI is InChI=1S/C18H24N6O3/c1-14-16(17-19-3-2-4-24(17)20-14)18(26)23-7-5-22(6-8-23)15(25)13-21-9-11-27-12-10-21/h2-4H,5-13H2,1H3. The van der Waals surface area contributed by atoms with Crippen LogP contribution in [0.4, 0.5) is 0 Å². The lowest BCUT2D eigenvalue weighted by molar-refractivity contribution is -0.134. The lowest BCUT2D eigenvalue weighted by Crippen LogP contribution is -2.53. The lowest BCUT2D eigenvalue weighted by atomic mass is 10.2. The number of carbonyl (C=O) groups excluding carboxylic acids is 2. The minimum atomic E-state index is -0.0681. The number of carbonyl (C=O) groups is 2. The third kappa shape index (κ3) is 3.65. The Balaban J connectivity index is 1.37. The van der Waals surface area contributed by atoms with Crippen LogP contribution in [0.25, 0.3) is 5.65 Å². The Labute approximate surface area is 157 Å². The molecule has 2 aromatic heterocycles. The number of aromatic nitrogens is 3. The first kappa shape index (κ1) is 17.9. The molecule has 2 fully saturated rings. The lowest BCUT2D eigenvalue weighted by Gasteiger charge is -2.36. The van der Waals surface area contributed by atoms with E-state index in [0.717, 1.165) is 13.1 Å². The van der Waals surface area contributed by atoms with Crippen LogP contribution in [0.5, 0.6) is 0 Å². The van der Waals surface area contributed by atoms with Crippen molar-refractivity contribution in [2.45, 2.75) is 6.92 Å². The monoisotopic (exact) mass is 372 g/mol. The molecule has 0 saturated carbocycles. The van der Waals surface area contributed by atoms with Gasteiger partial charge in [0.2, 0.25) is 5.91 Å². The first-order valence-electron chi connectivity index (χ1n) is 9.30. The van der Waals surface area contributed by atoms with E-state index in [-0.39, 0.29) is 11.8 Å². The maximum Gasteiger partial charge on any atom is 0.259 e. The van der Waals surface area contributed by atoms with Gasteiger partial charge in [0.05, 0.1) is 25.5 Å². The Hall–Kier alpha value is -2.52. The molecule has 9 nitrogen and oxygen atoms in total. The molecule has 0 radical (unpaired) electrons. The molecule has 2 saturated heterocycles. The Morgan fingerprint density at radius 1 is 1.07 bits per heavy atom. The maximum atomic E-state index is 13.0. The Bertz CT molecular complexity index is 837. The van der Waals surface area contributed by atoms with Gasteiger partial charge in [-0.1, -0.05) is 0 Å². The van der Waals surface area contributed by atoms with E-state index in [1.807, 2.05) is 11.8 Å². The second-order valence-corrected chi connectivity index (χ2v) is 6.91. The SMILES string of the molecule is Cc1nn2cccnc2c1C(=O)N1CCN(C(=O)CN2CCOCC2)CC1. The van der Waals surface area contributed by atoms with Crippen molar-refractivity contribution in [2.24, 2.45) is 0 Å². The topological polar surface area (TPSA) is 83.3 Å². The number of morpholine rings is 1. The number of nitrogens with zero attached hydrogens (tertiary/aromatic N) is 6. The van der Waals surface area contributed by atoms with Gasteiger partial charge in [0, 0.05) is 51.7 Å².